The van der Waals surface area contributed by atoms with E-state index >= 15 is 0 Å². The highest BCUT2D eigenvalue weighted by Crippen LogP contribution is 2.35. The minimum absolute atomic E-state index is 0.0882. The first-order valence-electron chi connectivity index (χ1n) is 9.45. The van der Waals surface area contributed by atoms with Crippen molar-refractivity contribution in [2.45, 2.75) is 27.2 Å². The molecule has 7 nitrogen and oxygen atoms in total. The number of rotatable bonds is 8. The minimum Gasteiger partial charge on any atom is -0.385 e. The molecule has 1 saturated heterocycles. The molecule has 2 rings (SSSR count). The number of amides is 1. The Labute approximate surface area is 180 Å². The Morgan fingerprint density at radius 3 is 2.52 bits per heavy atom. The summed E-state index contributed by atoms with van der Waals surface area (Å²) in [5, 5.41) is 9.50. The first-order chi connectivity index (χ1) is 13.8. The van der Waals surface area contributed by atoms with Gasteiger partial charge in [-0.3, -0.25) is 19.1 Å². The number of hydrogen-bond donors (Lipinski definition) is 0. The van der Waals surface area contributed by atoms with Gasteiger partial charge in [-0.25, -0.2) is 0 Å². The average molecular weight is 435 g/mol. The predicted molar refractivity (Wildman–Crippen MR) is 121 cm³/mol. The Kier molecular flexibility index (Phi) is 8.02. The predicted octanol–water partition coefficient (Wildman–Crippen LogP) is 2.65. The highest BCUT2D eigenvalue weighted by Gasteiger charge is 2.32. The monoisotopic (exact) mass is 434 g/mol. The Morgan fingerprint density at radius 2 is 1.97 bits per heavy atom. The number of nitrogens with zero attached hydrogens (tertiary/aromatic N) is 4. The Hall–Kier alpha value is -2.15. The maximum atomic E-state index is 12.9. The van der Waals surface area contributed by atoms with Gasteiger partial charge in [0.25, 0.3) is 11.5 Å². The van der Waals surface area contributed by atoms with Crippen LogP contribution in [0.1, 0.15) is 37.0 Å². The van der Waals surface area contributed by atoms with E-state index in [9.17, 15) is 14.9 Å². The molecular formula is C20H26N4O3S2. The van der Waals surface area contributed by atoms with E-state index in [1.807, 2.05) is 24.8 Å². The topological polar surface area (TPSA) is 78.6 Å². The van der Waals surface area contributed by atoms with Gasteiger partial charge in [-0.1, -0.05) is 24.0 Å². The van der Waals surface area contributed by atoms with Crippen molar-refractivity contribution >= 4 is 46.1 Å². The molecule has 2 heterocycles. The van der Waals surface area contributed by atoms with E-state index in [0.717, 1.165) is 0 Å². The standard InChI is InChI=1S/C20H26N4O3S2/c1-6-23(7-2)17-14(13(3)15(12-21)18(25)22(17)4)11-16-19(26)24(20(28)29-16)9-8-10-27-5/h11H,6-10H2,1-5H3/b16-11-. The van der Waals surface area contributed by atoms with Crippen LogP contribution in [0.25, 0.3) is 6.08 Å². The Bertz CT molecular complexity index is 943. The molecule has 1 aliphatic rings. The fourth-order valence-corrected chi connectivity index (χ4v) is 4.60. The van der Waals surface area contributed by atoms with Gasteiger partial charge >= 0.3 is 0 Å². The molecule has 156 valence electrons. The highest BCUT2D eigenvalue weighted by atomic mass is 32.2. The molecule has 1 aromatic rings. The van der Waals surface area contributed by atoms with Crippen molar-refractivity contribution in [2.75, 3.05) is 38.3 Å². The largest absolute Gasteiger partial charge is 0.385 e. The summed E-state index contributed by atoms with van der Waals surface area (Å²) in [6, 6.07) is 2.01. The summed E-state index contributed by atoms with van der Waals surface area (Å²) >= 11 is 6.63. The molecular weight excluding hydrogens is 408 g/mol. The molecule has 1 aromatic heterocycles. The molecule has 9 heteroatoms. The summed E-state index contributed by atoms with van der Waals surface area (Å²) in [4.78, 5) is 29.7. The van der Waals surface area contributed by atoms with Crippen molar-refractivity contribution < 1.29 is 9.53 Å². The van der Waals surface area contributed by atoms with Crippen LogP contribution < -0.4 is 10.5 Å². The van der Waals surface area contributed by atoms with Gasteiger partial charge < -0.3 is 9.64 Å². The summed E-state index contributed by atoms with van der Waals surface area (Å²) in [6.45, 7) is 8.17. The van der Waals surface area contributed by atoms with E-state index in [2.05, 4.69) is 0 Å². The second kappa shape index (κ2) is 10.1. The van der Waals surface area contributed by atoms with Crippen molar-refractivity contribution in [3.8, 4) is 6.07 Å². The molecule has 29 heavy (non-hydrogen) atoms. The number of thioether (sulfide) groups is 1. The van der Waals surface area contributed by atoms with Crippen LogP contribution in [0, 0.1) is 18.3 Å². The van der Waals surface area contributed by atoms with Gasteiger partial charge in [0.15, 0.2) is 0 Å². The first-order valence-corrected chi connectivity index (χ1v) is 10.7. The molecule has 0 aromatic carbocycles. The number of carbonyl (C=O) groups is 1. The molecule has 0 bridgehead atoms. The average Bonchev–Trinajstić information content (AvgIpc) is 2.97. The molecule has 1 aliphatic heterocycles. The number of pyridine rings is 1. The second-order valence-corrected chi connectivity index (χ2v) is 8.24. The number of carbonyl (C=O) groups excluding carboxylic acids is 1. The maximum absolute atomic E-state index is 12.9. The fraction of sp³-hybridized carbons (Fsp3) is 0.500. The van der Waals surface area contributed by atoms with Gasteiger partial charge in [0.1, 0.15) is 21.8 Å². The summed E-state index contributed by atoms with van der Waals surface area (Å²) in [5.41, 5.74) is 1.02. The molecule has 0 radical (unpaired) electrons. The van der Waals surface area contributed by atoms with Crippen LogP contribution in [-0.4, -0.2) is 53.0 Å². The van der Waals surface area contributed by atoms with Gasteiger partial charge in [0.05, 0.1) is 4.91 Å². The Morgan fingerprint density at radius 1 is 1.31 bits per heavy atom. The van der Waals surface area contributed by atoms with Gasteiger partial charge in [-0.15, -0.1) is 0 Å². The SMILES string of the molecule is CCN(CC)c1c(/C=C2\SC(=S)N(CCCOC)C2=O)c(C)c(C#N)c(=O)n1C. The van der Waals surface area contributed by atoms with Gasteiger partial charge in [0.2, 0.25) is 0 Å². The summed E-state index contributed by atoms with van der Waals surface area (Å²) in [6.07, 6.45) is 2.46. The molecule has 0 N–H and O–H groups in total. The number of ether oxygens (including phenoxy) is 1. The molecule has 0 unspecified atom stereocenters. The number of aromatic nitrogens is 1. The third-order valence-corrected chi connectivity index (χ3v) is 6.29. The normalized spacial score (nSPS) is 15.3. The third-order valence-electron chi connectivity index (χ3n) is 4.91. The van der Waals surface area contributed by atoms with E-state index in [0.29, 0.717) is 58.8 Å². The van der Waals surface area contributed by atoms with Crippen LogP contribution in [0.15, 0.2) is 9.70 Å². The summed E-state index contributed by atoms with van der Waals surface area (Å²) < 4.78 is 7.05. The smallest absolute Gasteiger partial charge is 0.270 e. The van der Waals surface area contributed by atoms with Crippen molar-refractivity contribution in [3.63, 3.8) is 0 Å². The summed E-state index contributed by atoms with van der Waals surface area (Å²) in [7, 11) is 3.28. The van der Waals surface area contributed by atoms with Crippen LogP contribution in [0.2, 0.25) is 0 Å². The molecule has 0 atom stereocenters. The number of nitriles is 1. The van der Waals surface area contributed by atoms with Crippen LogP contribution >= 0.6 is 24.0 Å². The fourth-order valence-electron chi connectivity index (χ4n) is 3.31. The second-order valence-electron chi connectivity index (χ2n) is 6.57. The lowest BCUT2D eigenvalue weighted by atomic mass is 10.0. The molecule has 0 aliphatic carbocycles. The van der Waals surface area contributed by atoms with Crippen molar-refractivity contribution in [3.05, 3.63) is 31.9 Å². The van der Waals surface area contributed by atoms with E-state index in [1.165, 1.54) is 16.3 Å². The van der Waals surface area contributed by atoms with E-state index in [1.54, 1.807) is 32.1 Å². The van der Waals surface area contributed by atoms with Gasteiger partial charge in [-0.05, 0) is 38.8 Å². The van der Waals surface area contributed by atoms with Gasteiger partial charge in [-0.2, -0.15) is 5.26 Å². The molecule has 1 amide bonds. The lowest BCUT2D eigenvalue weighted by Crippen LogP contribution is -2.33. The van der Waals surface area contributed by atoms with Crippen molar-refractivity contribution in [1.82, 2.24) is 9.47 Å². The zero-order valence-corrected chi connectivity index (χ0v) is 19.1. The maximum Gasteiger partial charge on any atom is 0.270 e. The van der Waals surface area contributed by atoms with Crippen molar-refractivity contribution in [2.24, 2.45) is 7.05 Å². The third kappa shape index (κ3) is 4.55. The number of anilines is 1. The number of methoxy groups -OCH3 is 1. The van der Waals surface area contributed by atoms with E-state index in [-0.39, 0.29) is 17.0 Å². The minimum atomic E-state index is -0.337. The van der Waals surface area contributed by atoms with E-state index < -0.39 is 0 Å². The van der Waals surface area contributed by atoms with Crippen LogP contribution in [-0.2, 0) is 16.6 Å². The van der Waals surface area contributed by atoms with Crippen molar-refractivity contribution in [1.29, 1.82) is 5.26 Å². The van der Waals surface area contributed by atoms with E-state index in [4.69, 9.17) is 17.0 Å². The first kappa shape index (κ1) is 23.1. The molecule has 1 fully saturated rings. The van der Waals surface area contributed by atoms with Crippen LogP contribution in [0.5, 0.6) is 0 Å². The van der Waals surface area contributed by atoms with Crippen LogP contribution in [0.4, 0.5) is 5.82 Å². The molecule has 0 saturated carbocycles. The lowest BCUT2D eigenvalue weighted by molar-refractivity contribution is -0.122. The zero-order valence-electron chi connectivity index (χ0n) is 17.4. The summed E-state index contributed by atoms with van der Waals surface area (Å²) in [5.74, 6) is 0.537. The Balaban J connectivity index is 2.61. The zero-order chi connectivity index (χ0) is 21.7. The number of hydrogen-bond acceptors (Lipinski definition) is 7. The lowest BCUT2D eigenvalue weighted by Gasteiger charge is -2.27. The highest BCUT2D eigenvalue weighted by molar-refractivity contribution is 8.26. The molecule has 0 spiro atoms. The quantitative estimate of drug-likeness (QED) is 0.354. The van der Waals surface area contributed by atoms with Crippen LogP contribution in [0.3, 0.4) is 0 Å². The number of thiocarbonyl (C=S) groups is 1. The van der Waals surface area contributed by atoms with Gasteiger partial charge in [0, 0.05) is 46.0 Å².